The largest absolute Gasteiger partial charge is 0.325 e. The number of amides is 2. The second-order valence-corrected chi connectivity index (χ2v) is 8.04. The molecule has 2 aromatic carbocycles. The van der Waals surface area contributed by atoms with Crippen molar-refractivity contribution in [3.8, 4) is 0 Å². The molecule has 7 heteroatoms. The topological polar surface area (TPSA) is 71.1 Å². The summed E-state index contributed by atoms with van der Waals surface area (Å²) in [5, 5.41) is 7.64. The van der Waals surface area contributed by atoms with Crippen LogP contribution in [-0.4, -0.2) is 22.6 Å². The van der Waals surface area contributed by atoms with Crippen LogP contribution in [0.2, 0.25) is 0 Å². The van der Waals surface area contributed by atoms with Crippen LogP contribution in [0.25, 0.3) is 0 Å². The van der Waals surface area contributed by atoms with Gasteiger partial charge in [0.1, 0.15) is 0 Å². The Morgan fingerprint density at radius 2 is 1.89 bits per heavy atom. The smallest absolute Gasteiger partial charge is 0.257 e. The van der Waals surface area contributed by atoms with Crippen LogP contribution < -0.4 is 10.6 Å². The number of hydrogen-bond acceptors (Lipinski definition) is 5. The molecule has 1 heterocycles. The van der Waals surface area contributed by atoms with Crippen LogP contribution in [0.1, 0.15) is 21.6 Å². The zero-order chi connectivity index (χ0) is 19.2. The highest BCUT2D eigenvalue weighted by molar-refractivity contribution is 8.01. The summed E-state index contributed by atoms with van der Waals surface area (Å²) in [5.74, 6) is -0.204. The van der Waals surface area contributed by atoms with Crippen molar-refractivity contribution in [1.82, 2.24) is 4.98 Å². The third-order valence-electron chi connectivity index (χ3n) is 3.65. The van der Waals surface area contributed by atoms with Gasteiger partial charge in [-0.05, 0) is 43.7 Å². The van der Waals surface area contributed by atoms with E-state index in [-0.39, 0.29) is 17.6 Å². The zero-order valence-electron chi connectivity index (χ0n) is 15.0. The number of aryl methyl sites for hydroxylation is 2. The van der Waals surface area contributed by atoms with Gasteiger partial charge in [0, 0.05) is 16.8 Å². The number of thiazole rings is 1. The van der Waals surface area contributed by atoms with Gasteiger partial charge in [-0.25, -0.2) is 4.98 Å². The summed E-state index contributed by atoms with van der Waals surface area (Å²) in [4.78, 5) is 29.2. The van der Waals surface area contributed by atoms with Crippen molar-refractivity contribution in [2.45, 2.75) is 18.2 Å². The SMILES string of the molecule is Cc1cccc(NC(=O)c2ccccc2NC(=O)CSc2nc(C)cs2)c1. The van der Waals surface area contributed by atoms with Gasteiger partial charge in [0.2, 0.25) is 5.91 Å². The molecule has 0 saturated carbocycles. The summed E-state index contributed by atoms with van der Waals surface area (Å²) in [6, 6.07) is 14.6. The van der Waals surface area contributed by atoms with Gasteiger partial charge in [-0.1, -0.05) is 36.0 Å². The molecular formula is C20H19N3O2S2. The minimum absolute atomic E-state index is 0.177. The lowest BCUT2D eigenvalue weighted by Gasteiger charge is -2.11. The fourth-order valence-electron chi connectivity index (χ4n) is 2.42. The van der Waals surface area contributed by atoms with E-state index >= 15 is 0 Å². The first-order valence-corrected chi connectivity index (χ1v) is 10.2. The van der Waals surface area contributed by atoms with E-state index in [1.165, 1.54) is 23.1 Å². The maximum atomic E-state index is 12.6. The van der Waals surface area contributed by atoms with Crippen LogP contribution in [-0.2, 0) is 4.79 Å². The Bertz CT molecular complexity index is 969. The number of para-hydroxylation sites is 1. The van der Waals surface area contributed by atoms with Crippen molar-refractivity contribution in [2.24, 2.45) is 0 Å². The molecule has 3 rings (SSSR count). The summed E-state index contributed by atoms with van der Waals surface area (Å²) in [6.07, 6.45) is 0. The molecule has 0 fully saturated rings. The van der Waals surface area contributed by atoms with Crippen LogP contribution in [0.3, 0.4) is 0 Å². The summed E-state index contributed by atoms with van der Waals surface area (Å²) in [7, 11) is 0. The van der Waals surface area contributed by atoms with E-state index in [4.69, 9.17) is 0 Å². The highest BCUT2D eigenvalue weighted by Crippen LogP contribution is 2.23. The van der Waals surface area contributed by atoms with E-state index in [9.17, 15) is 9.59 Å². The number of anilines is 2. The number of nitrogens with one attached hydrogen (secondary N) is 2. The Morgan fingerprint density at radius 1 is 1.07 bits per heavy atom. The molecule has 0 aliphatic rings. The van der Waals surface area contributed by atoms with E-state index in [0.717, 1.165) is 21.3 Å². The van der Waals surface area contributed by atoms with E-state index < -0.39 is 0 Å². The maximum Gasteiger partial charge on any atom is 0.257 e. The van der Waals surface area contributed by atoms with Crippen molar-refractivity contribution in [3.05, 3.63) is 70.7 Å². The third-order valence-corrected chi connectivity index (χ3v) is 5.79. The molecule has 2 amide bonds. The molecule has 0 atom stereocenters. The van der Waals surface area contributed by atoms with Gasteiger partial charge in [0.05, 0.1) is 17.0 Å². The number of hydrogen-bond donors (Lipinski definition) is 2. The molecule has 0 aliphatic carbocycles. The van der Waals surface area contributed by atoms with Crippen molar-refractivity contribution in [1.29, 1.82) is 0 Å². The van der Waals surface area contributed by atoms with Crippen LogP contribution >= 0.6 is 23.1 Å². The minimum atomic E-state index is -0.264. The van der Waals surface area contributed by atoms with Crippen molar-refractivity contribution in [2.75, 3.05) is 16.4 Å². The molecule has 3 aromatic rings. The second-order valence-electron chi connectivity index (χ2n) is 5.96. The molecule has 27 heavy (non-hydrogen) atoms. The molecule has 5 nitrogen and oxygen atoms in total. The average Bonchev–Trinajstić information content (AvgIpc) is 3.06. The molecule has 0 saturated heterocycles. The number of nitrogens with zero attached hydrogens (tertiary/aromatic N) is 1. The van der Waals surface area contributed by atoms with E-state index in [2.05, 4.69) is 15.6 Å². The minimum Gasteiger partial charge on any atom is -0.325 e. The van der Waals surface area contributed by atoms with E-state index in [0.29, 0.717) is 11.3 Å². The standard InChI is InChI=1S/C20H19N3O2S2/c1-13-6-5-7-15(10-13)22-19(25)16-8-3-4-9-17(16)23-18(24)12-27-20-21-14(2)11-26-20/h3-11H,12H2,1-2H3,(H,22,25)(H,23,24). The lowest BCUT2D eigenvalue weighted by molar-refractivity contribution is -0.113. The Balaban J connectivity index is 1.66. The summed E-state index contributed by atoms with van der Waals surface area (Å²) >= 11 is 2.90. The van der Waals surface area contributed by atoms with Crippen LogP contribution in [0.15, 0.2) is 58.3 Å². The lowest BCUT2D eigenvalue weighted by atomic mass is 10.1. The molecule has 0 spiro atoms. The number of carbonyl (C=O) groups excluding carboxylic acids is 2. The molecule has 2 N–H and O–H groups in total. The summed E-state index contributed by atoms with van der Waals surface area (Å²) in [5.41, 5.74) is 3.63. The third kappa shape index (κ3) is 5.42. The van der Waals surface area contributed by atoms with Crippen LogP contribution in [0.4, 0.5) is 11.4 Å². The number of aromatic nitrogens is 1. The predicted molar refractivity (Wildman–Crippen MR) is 112 cm³/mol. The van der Waals surface area contributed by atoms with E-state index in [1.54, 1.807) is 24.3 Å². The monoisotopic (exact) mass is 397 g/mol. The number of benzene rings is 2. The quantitative estimate of drug-likeness (QED) is 0.589. The van der Waals surface area contributed by atoms with Gasteiger partial charge in [-0.15, -0.1) is 11.3 Å². The molecule has 0 unspecified atom stereocenters. The summed E-state index contributed by atoms with van der Waals surface area (Å²) < 4.78 is 0.855. The lowest BCUT2D eigenvalue weighted by Crippen LogP contribution is -2.19. The molecule has 0 radical (unpaired) electrons. The first-order chi connectivity index (χ1) is 13.0. The van der Waals surface area contributed by atoms with Gasteiger partial charge < -0.3 is 10.6 Å². The molecule has 0 bridgehead atoms. The Labute approximate surface area is 166 Å². The fraction of sp³-hybridized carbons (Fsp3) is 0.150. The molecule has 0 aliphatic heterocycles. The zero-order valence-corrected chi connectivity index (χ0v) is 16.6. The van der Waals surface area contributed by atoms with Crippen LogP contribution in [0.5, 0.6) is 0 Å². The van der Waals surface area contributed by atoms with E-state index in [1.807, 2.05) is 43.5 Å². The van der Waals surface area contributed by atoms with Crippen molar-refractivity contribution in [3.63, 3.8) is 0 Å². The van der Waals surface area contributed by atoms with Gasteiger partial charge >= 0.3 is 0 Å². The number of carbonyl (C=O) groups is 2. The first-order valence-electron chi connectivity index (χ1n) is 8.33. The fourth-order valence-corrected chi connectivity index (χ4v) is 4.07. The number of thioether (sulfide) groups is 1. The second kappa shape index (κ2) is 8.83. The Hall–Kier alpha value is -2.64. The molecule has 138 valence electrons. The molecular weight excluding hydrogens is 378 g/mol. The number of rotatable bonds is 6. The Morgan fingerprint density at radius 3 is 2.63 bits per heavy atom. The van der Waals surface area contributed by atoms with Gasteiger partial charge in [0.15, 0.2) is 4.34 Å². The Kier molecular flexibility index (Phi) is 6.26. The predicted octanol–water partition coefficient (Wildman–Crippen LogP) is 4.74. The molecule has 1 aromatic heterocycles. The first kappa shape index (κ1) is 19.1. The highest BCUT2D eigenvalue weighted by atomic mass is 32.2. The average molecular weight is 398 g/mol. The van der Waals surface area contributed by atoms with Gasteiger partial charge in [0.25, 0.3) is 5.91 Å². The van der Waals surface area contributed by atoms with Crippen molar-refractivity contribution < 1.29 is 9.59 Å². The normalized spacial score (nSPS) is 10.4. The van der Waals surface area contributed by atoms with Gasteiger partial charge in [-0.2, -0.15) is 0 Å². The maximum absolute atomic E-state index is 12.6. The van der Waals surface area contributed by atoms with Gasteiger partial charge in [-0.3, -0.25) is 9.59 Å². The highest BCUT2D eigenvalue weighted by Gasteiger charge is 2.14. The van der Waals surface area contributed by atoms with Crippen molar-refractivity contribution >= 4 is 46.3 Å². The summed E-state index contributed by atoms with van der Waals surface area (Å²) in [6.45, 7) is 3.88. The van der Waals surface area contributed by atoms with Crippen LogP contribution in [0, 0.1) is 13.8 Å².